The zero-order valence-corrected chi connectivity index (χ0v) is 22.9. The van der Waals surface area contributed by atoms with E-state index in [-0.39, 0.29) is 28.4 Å². The summed E-state index contributed by atoms with van der Waals surface area (Å²) in [7, 11) is 0. The van der Waals surface area contributed by atoms with E-state index in [0.717, 1.165) is 51.6 Å². The molecule has 2 atom stereocenters. The number of anilines is 1. The minimum atomic E-state index is -0.746. The summed E-state index contributed by atoms with van der Waals surface area (Å²) < 4.78 is 38.9. The molecule has 7 nitrogen and oxygen atoms in total. The van der Waals surface area contributed by atoms with Gasteiger partial charge in [0.1, 0.15) is 29.5 Å². The summed E-state index contributed by atoms with van der Waals surface area (Å²) in [5, 5.41) is 15.5. The largest absolute Gasteiger partial charge is 0.507 e. The Labute approximate surface area is 237 Å². The zero-order chi connectivity index (χ0) is 27.7. The smallest absolute Gasteiger partial charge is 0.319 e. The van der Waals surface area contributed by atoms with Gasteiger partial charge < -0.3 is 20.1 Å². The maximum absolute atomic E-state index is 16.6. The second-order valence-corrected chi connectivity index (χ2v) is 12.2. The van der Waals surface area contributed by atoms with Crippen LogP contribution in [-0.2, 0) is 0 Å². The Bertz CT molecular complexity index is 1660. The minimum absolute atomic E-state index is 0.00983. The summed E-state index contributed by atoms with van der Waals surface area (Å²) in [6.07, 6.45) is 6.60. The summed E-state index contributed by atoms with van der Waals surface area (Å²) in [4.78, 5) is 14.1. The fourth-order valence-corrected chi connectivity index (χ4v) is 7.84. The van der Waals surface area contributed by atoms with Crippen molar-refractivity contribution in [1.82, 2.24) is 20.2 Å². The first kappa shape index (κ1) is 25.2. The van der Waals surface area contributed by atoms with Crippen LogP contribution < -0.4 is 15.0 Å². The van der Waals surface area contributed by atoms with Crippen LogP contribution in [0.4, 0.5) is 14.6 Å². The lowest BCUT2D eigenvalue weighted by molar-refractivity contribution is 0.108. The first-order valence-corrected chi connectivity index (χ1v) is 14.8. The predicted molar refractivity (Wildman–Crippen MR) is 154 cm³/mol. The number of aromatic nitrogens is 2. The molecule has 0 amide bonds. The van der Waals surface area contributed by atoms with Crippen LogP contribution in [0.25, 0.3) is 32.8 Å². The maximum atomic E-state index is 16.6. The van der Waals surface area contributed by atoms with Crippen LogP contribution in [0.5, 0.6) is 11.8 Å². The number of nitrogens with zero attached hydrogens (tertiary/aromatic N) is 4. The van der Waals surface area contributed by atoms with E-state index >= 15 is 8.78 Å². The molecule has 2 unspecified atom stereocenters. The number of nitrogens with one attached hydrogen (secondary N) is 1. The minimum Gasteiger partial charge on any atom is -0.507 e. The van der Waals surface area contributed by atoms with Crippen LogP contribution in [-0.4, -0.2) is 70.4 Å². The lowest BCUT2D eigenvalue weighted by Gasteiger charge is -2.34. The Morgan fingerprint density at radius 1 is 0.951 bits per heavy atom. The molecule has 0 aliphatic carbocycles. The number of benzene rings is 3. The lowest BCUT2D eigenvalue weighted by Crippen LogP contribution is -2.51. The molecular weight excluding hydrogens is 524 g/mol. The summed E-state index contributed by atoms with van der Waals surface area (Å²) in [6, 6.07) is 12.3. The van der Waals surface area contributed by atoms with E-state index in [9.17, 15) is 5.11 Å². The molecule has 41 heavy (non-hydrogen) atoms. The van der Waals surface area contributed by atoms with Gasteiger partial charge in [0.15, 0.2) is 5.82 Å². The number of phenolic OH excluding ortho intramolecular Hbond substituents is 1. The van der Waals surface area contributed by atoms with Crippen molar-refractivity contribution in [2.45, 2.75) is 56.1 Å². The number of ether oxygens (including phenoxy) is 1. The summed E-state index contributed by atoms with van der Waals surface area (Å²) >= 11 is 0. The van der Waals surface area contributed by atoms with Gasteiger partial charge in [0, 0.05) is 35.9 Å². The third-order valence-electron chi connectivity index (χ3n) is 9.81. The molecule has 4 aromatic rings. The molecule has 2 bridgehead atoms. The lowest BCUT2D eigenvalue weighted by atomic mass is 9.95. The number of fused-ring (bicyclic) bond motifs is 5. The molecule has 212 valence electrons. The normalized spacial score (nSPS) is 23.5. The zero-order valence-electron chi connectivity index (χ0n) is 22.9. The number of rotatable bonds is 5. The molecule has 2 N–H and O–H groups in total. The summed E-state index contributed by atoms with van der Waals surface area (Å²) in [5.41, 5.74) is 0.242. The topological polar surface area (TPSA) is 73.8 Å². The maximum Gasteiger partial charge on any atom is 0.319 e. The molecule has 0 spiro atoms. The summed E-state index contributed by atoms with van der Waals surface area (Å²) in [6.45, 7) is 4.05. The van der Waals surface area contributed by atoms with E-state index in [1.165, 1.54) is 12.1 Å². The summed E-state index contributed by atoms with van der Waals surface area (Å²) in [5.74, 6) is -0.847. The highest BCUT2D eigenvalue weighted by atomic mass is 19.1. The molecule has 0 saturated carbocycles. The number of halogens is 2. The van der Waals surface area contributed by atoms with Gasteiger partial charge in [-0.05, 0) is 80.8 Å². The Morgan fingerprint density at radius 3 is 2.44 bits per heavy atom. The van der Waals surface area contributed by atoms with Crippen LogP contribution in [0.2, 0.25) is 0 Å². The van der Waals surface area contributed by atoms with Crippen molar-refractivity contribution in [2.24, 2.45) is 0 Å². The first-order valence-electron chi connectivity index (χ1n) is 14.8. The van der Waals surface area contributed by atoms with Crippen molar-refractivity contribution in [2.75, 3.05) is 37.7 Å². The molecule has 8 rings (SSSR count). The predicted octanol–water partition coefficient (Wildman–Crippen LogP) is 5.38. The van der Waals surface area contributed by atoms with Gasteiger partial charge in [0.2, 0.25) is 0 Å². The van der Waals surface area contributed by atoms with E-state index in [4.69, 9.17) is 9.72 Å². The van der Waals surface area contributed by atoms with E-state index in [1.54, 1.807) is 30.3 Å². The number of phenols is 1. The fourth-order valence-electron chi connectivity index (χ4n) is 7.84. The monoisotopic (exact) mass is 557 g/mol. The van der Waals surface area contributed by atoms with Crippen molar-refractivity contribution >= 4 is 27.5 Å². The molecule has 3 aromatic carbocycles. The number of hydrogen-bond donors (Lipinski definition) is 2. The van der Waals surface area contributed by atoms with Crippen LogP contribution in [0.1, 0.15) is 38.5 Å². The highest BCUT2D eigenvalue weighted by Crippen LogP contribution is 2.42. The first-order chi connectivity index (χ1) is 20.0. The van der Waals surface area contributed by atoms with Crippen LogP contribution in [0, 0.1) is 11.6 Å². The molecule has 1 aromatic heterocycles. The van der Waals surface area contributed by atoms with Crippen molar-refractivity contribution in [3.63, 3.8) is 0 Å². The van der Waals surface area contributed by atoms with Gasteiger partial charge in [-0.15, -0.1) is 0 Å². The Hall–Kier alpha value is -3.56. The van der Waals surface area contributed by atoms with Crippen LogP contribution in [0.3, 0.4) is 0 Å². The third-order valence-corrected chi connectivity index (χ3v) is 9.81. The molecule has 9 heteroatoms. The molecule has 0 radical (unpaired) electrons. The second kappa shape index (κ2) is 9.49. The molecule has 4 aliphatic heterocycles. The van der Waals surface area contributed by atoms with E-state index in [0.29, 0.717) is 59.3 Å². The average Bonchev–Trinajstić information content (AvgIpc) is 3.66. The second-order valence-electron chi connectivity index (χ2n) is 12.2. The van der Waals surface area contributed by atoms with Gasteiger partial charge in [-0.1, -0.05) is 24.3 Å². The van der Waals surface area contributed by atoms with Crippen molar-refractivity contribution in [3.8, 4) is 22.9 Å². The van der Waals surface area contributed by atoms with Crippen molar-refractivity contribution in [3.05, 3.63) is 54.1 Å². The molecule has 4 fully saturated rings. The van der Waals surface area contributed by atoms with Crippen molar-refractivity contribution < 1.29 is 18.6 Å². The number of aromatic hydroxyl groups is 1. The van der Waals surface area contributed by atoms with E-state index in [1.807, 2.05) is 0 Å². The number of hydrogen-bond acceptors (Lipinski definition) is 7. The molecule has 4 aliphatic rings. The van der Waals surface area contributed by atoms with E-state index < -0.39 is 11.6 Å². The van der Waals surface area contributed by atoms with Gasteiger partial charge in [-0.3, -0.25) is 4.90 Å². The van der Waals surface area contributed by atoms with Crippen LogP contribution >= 0.6 is 0 Å². The SMILES string of the molecule is Oc1ccc(-c2c(F)cc3c(N4CC5CCC(C4)N5)nc(OCC45CCCN4CCC5)nc3c2F)c2ccccc12. The number of piperazine rings is 1. The average molecular weight is 558 g/mol. The molecular formula is C32H33F2N5O2. The van der Waals surface area contributed by atoms with Crippen molar-refractivity contribution in [1.29, 1.82) is 0 Å². The highest BCUT2D eigenvalue weighted by Gasteiger charge is 2.45. The standard InChI is InChI=1S/C32H33F2N5O2/c33-25-15-24-29(28(34)27(25)23-9-10-26(40)22-6-2-1-5-21(22)23)36-31(41-18-32-11-3-13-39(32)14-4-12-32)37-30(24)38-16-19-7-8-20(17-38)35-19/h1-2,5-6,9-10,15,19-20,35,40H,3-4,7-8,11-14,16-18H2. The Balaban J connectivity index is 1.28. The van der Waals surface area contributed by atoms with Gasteiger partial charge in [-0.25, -0.2) is 8.78 Å². The van der Waals surface area contributed by atoms with Gasteiger partial charge >= 0.3 is 6.01 Å². The fraction of sp³-hybridized carbons (Fsp3) is 0.438. The van der Waals surface area contributed by atoms with Crippen LogP contribution in [0.15, 0.2) is 42.5 Å². The molecule has 4 saturated heterocycles. The highest BCUT2D eigenvalue weighted by molar-refractivity contribution is 6.02. The van der Waals surface area contributed by atoms with Gasteiger partial charge in [-0.2, -0.15) is 9.97 Å². The van der Waals surface area contributed by atoms with Gasteiger partial charge in [0.25, 0.3) is 0 Å². The Kier molecular flexibility index (Phi) is 5.83. The molecule has 5 heterocycles. The third kappa shape index (κ3) is 4.04. The quantitative estimate of drug-likeness (QED) is 0.341. The van der Waals surface area contributed by atoms with E-state index in [2.05, 4.69) is 20.1 Å². The van der Waals surface area contributed by atoms with Gasteiger partial charge in [0.05, 0.1) is 11.1 Å². The Morgan fingerprint density at radius 2 is 1.68 bits per heavy atom.